The molecule has 2 aliphatic carbocycles. The van der Waals surface area contributed by atoms with Crippen LogP contribution in [0, 0.1) is 17.3 Å². The Morgan fingerprint density at radius 1 is 1.31 bits per heavy atom. The normalized spacial score (nSPS) is 35.1. The van der Waals surface area contributed by atoms with E-state index < -0.39 is 5.41 Å². The summed E-state index contributed by atoms with van der Waals surface area (Å²) < 4.78 is 9.52. The van der Waals surface area contributed by atoms with Crippen LogP contribution in [0.5, 0.6) is 0 Å². The van der Waals surface area contributed by atoms with E-state index in [0.717, 1.165) is 6.42 Å². The first kappa shape index (κ1) is 11.2. The maximum absolute atomic E-state index is 11.9. The molecule has 0 N–H and O–H groups in total. The van der Waals surface area contributed by atoms with Gasteiger partial charge in [0.05, 0.1) is 26.1 Å². The van der Waals surface area contributed by atoms with Crippen molar-refractivity contribution < 1.29 is 19.1 Å². The van der Waals surface area contributed by atoms with Crippen LogP contribution in [0.15, 0.2) is 12.2 Å². The first-order chi connectivity index (χ1) is 7.62. The average molecular weight is 224 g/mol. The smallest absolute Gasteiger partial charge is 0.313 e. The minimum Gasteiger partial charge on any atom is -0.469 e. The summed E-state index contributed by atoms with van der Waals surface area (Å²) in [6.45, 7) is 0. The highest BCUT2D eigenvalue weighted by molar-refractivity contribution is 5.84. The number of carbonyl (C=O) groups excluding carboxylic acids is 2. The number of carbonyl (C=O) groups is 2. The number of allylic oxidation sites excluding steroid dienone is 2. The summed E-state index contributed by atoms with van der Waals surface area (Å²) in [5.41, 5.74) is -0.679. The molecule has 1 saturated carbocycles. The molecule has 0 unspecified atom stereocenters. The predicted octanol–water partition coefficient (Wildman–Crippen LogP) is 1.30. The van der Waals surface area contributed by atoms with Crippen LogP contribution in [0.1, 0.15) is 19.3 Å². The van der Waals surface area contributed by atoms with Gasteiger partial charge in [-0.3, -0.25) is 9.59 Å². The van der Waals surface area contributed by atoms with Crippen molar-refractivity contribution in [1.82, 2.24) is 0 Å². The van der Waals surface area contributed by atoms with E-state index in [4.69, 9.17) is 4.74 Å². The molecule has 0 amide bonds. The highest BCUT2D eigenvalue weighted by Gasteiger charge is 2.55. The molecule has 0 aliphatic heterocycles. The minimum atomic E-state index is -0.679. The zero-order valence-corrected chi connectivity index (χ0v) is 9.56. The van der Waals surface area contributed by atoms with Gasteiger partial charge < -0.3 is 9.47 Å². The summed E-state index contributed by atoms with van der Waals surface area (Å²) in [6, 6.07) is 0. The van der Waals surface area contributed by atoms with Crippen LogP contribution in [-0.4, -0.2) is 26.2 Å². The first-order valence-corrected chi connectivity index (χ1v) is 5.46. The molecule has 88 valence electrons. The second-order valence-electron chi connectivity index (χ2n) is 4.59. The monoisotopic (exact) mass is 224 g/mol. The Balaban J connectivity index is 2.24. The lowest BCUT2D eigenvalue weighted by atomic mass is 9.73. The predicted molar refractivity (Wildman–Crippen MR) is 56.4 cm³/mol. The fourth-order valence-corrected chi connectivity index (χ4v) is 3.00. The number of hydrogen-bond acceptors (Lipinski definition) is 4. The summed E-state index contributed by atoms with van der Waals surface area (Å²) in [6.07, 6.45) is 5.95. The van der Waals surface area contributed by atoms with Crippen molar-refractivity contribution in [1.29, 1.82) is 0 Å². The molecule has 16 heavy (non-hydrogen) atoms. The summed E-state index contributed by atoms with van der Waals surface area (Å²) in [7, 11) is 2.72. The van der Waals surface area contributed by atoms with E-state index >= 15 is 0 Å². The van der Waals surface area contributed by atoms with Gasteiger partial charge in [0.1, 0.15) is 0 Å². The van der Waals surface area contributed by atoms with Gasteiger partial charge in [-0.05, 0) is 24.7 Å². The van der Waals surface area contributed by atoms with E-state index in [9.17, 15) is 9.59 Å². The molecule has 4 heteroatoms. The first-order valence-electron chi connectivity index (χ1n) is 5.46. The van der Waals surface area contributed by atoms with Crippen molar-refractivity contribution in [3.63, 3.8) is 0 Å². The Kier molecular flexibility index (Phi) is 2.74. The Bertz CT molecular complexity index is 347. The van der Waals surface area contributed by atoms with Crippen LogP contribution in [0.25, 0.3) is 0 Å². The highest BCUT2D eigenvalue weighted by Crippen LogP contribution is 2.54. The van der Waals surface area contributed by atoms with E-state index in [1.54, 1.807) is 0 Å². The molecule has 0 aromatic rings. The fourth-order valence-electron chi connectivity index (χ4n) is 3.00. The summed E-state index contributed by atoms with van der Waals surface area (Å²) in [4.78, 5) is 23.3. The molecule has 0 aromatic carbocycles. The van der Waals surface area contributed by atoms with Crippen LogP contribution in [0.4, 0.5) is 0 Å². The molecule has 0 heterocycles. The van der Waals surface area contributed by atoms with Crippen LogP contribution in [0.3, 0.4) is 0 Å². The molecule has 1 fully saturated rings. The van der Waals surface area contributed by atoms with Gasteiger partial charge in [-0.1, -0.05) is 12.2 Å². The zero-order valence-electron chi connectivity index (χ0n) is 9.56. The standard InChI is InChI=1S/C12H16O4/c1-15-10(13)7-12(11(14)16-2)6-8-3-4-9(12)5-8/h3-4,8-9H,5-7H2,1-2H3/t8-,9+,12-/m0/s1. The number of methoxy groups -OCH3 is 2. The average Bonchev–Trinajstić information content (AvgIpc) is 2.88. The van der Waals surface area contributed by atoms with Crippen LogP contribution < -0.4 is 0 Å². The Morgan fingerprint density at radius 2 is 2.06 bits per heavy atom. The van der Waals surface area contributed by atoms with E-state index in [1.807, 2.05) is 6.08 Å². The third kappa shape index (κ3) is 1.52. The quantitative estimate of drug-likeness (QED) is 0.535. The third-order valence-corrected chi connectivity index (χ3v) is 3.79. The molecule has 2 bridgehead atoms. The SMILES string of the molecule is COC(=O)C[C@@]1(C(=O)OC)C[C@H]2C=C[C@@H]1C2. The lowest BCUT2D eigenvalue weighted by Gasteiger charge is -2.31. The molecule has 3 atom stereocenters. The van der Waals surface area contributed by atoms with Crippen LogP contribution >= 0.6 is 0 Å². The van der Waals surface area contributed by atoms with Gasteiger partial charge in [0, 0.05) is 0 Å². The molecule has 0 saturated heterocycles. The molecule has 0 spiro atoms. The van der Waals surface area contributed by atoms with Crippen molar-refractivity contribution in [2.24, 2.45) is 17.3 Å². The topological polar surface area (TPSA) is 52.6 Å². The molecular formula is C12H16O4. The van der Waals surface area contributed by atoms with Crippen LogP contribution in [-0.2, 0) is 19.1 Å². The van der Waals surface area contributed by atoms with Gasteiger partial charge in [-0.25, -0.2) is 0 Å². The van der Waals surface area contributed by atoms with Crippen molar-refractivity contribution >= 4 is 11.9 Å². The van der Waals surface area contributed by atoms with E-state index in [1.165, 1.54) is 14.2 Å². The van der Waals surface area contributed by atoms with Gasteiger partial charge >= 0.3 is 11.9 Å². The Hall–Kier alpha value is -1.32. The summed E-state index contributed by atoms with van der Waals surface area (Å²) in [5.74, 6) is -0.0843. The van der Waals surface area contributed by atoms with E-state index in [0.29, 0.717) is 12.3 Å². The number of rotatable bonds is 3. The fraction of sp³-hybridized carbons (Fsp3) is 0.667. The van der Waals surface area contributed by atoms with Crippen molar-refractivity contribution in [3.05, 3.63) is 12.2 Å². The second-order valence-corrected chi connectivity index (χ2v) is 4.59. The zero-order chi connectivity index (χ0) is 11.8. The Morgan fingerprint density at radius 3 is 2.50 bits per heavy atom. The van der Waals surface area contributed by atoms with Gasteiger partial charge in [0.15, 0.2) is 0 Å². The molecule has 4 nitrogen and oxygen atoms in total. The van der Waals surface area contributed by atoms with Gasteiger partial charge in [-0.2, -0.15) is 0 Å². The van der Waals surface area contributed by atoms with Gasteiger partial charge in [0.2, 0.25) is 0 Å². The lowest BCUT2D eigenvalue weighted by Crippen LogP contribution is -2.38. The van der Waals surface area contributed by atoms with Crippen molar-refractivity contribution in [3.8, 4) is 0 Å². The van der Waals surface area contributed by atoms with E-state index in [2.05, 4.69) is 10.8 Å². The summed E-state index contributed by atoms with van der Waals surface area (Å²) in [5, 5.41) is 0. The molecule has 2 aliphatic rings. The van der Waals surface area contributed by atoms with Gasteiger partial charge in [0.25, 0.3) is 0 Å². The lowest BCUT2D eigenvalue weighted by molar-refractivity contribution is -0.161. The maximum Gasteiger partial charge on any atom is 0.313 e. The van der Waals surface area contributed by atoms with Crippen molar-refractivity contribution in [2.75, 3.05) is 14.2 Å². The number of hydrogen-bond donors (Lipinski definition) is 0. The second kappa shape index (κ2) is 3.92. The minimum absolute atomic E-state index is 0.127. The largest absolute Gasteiger partial charge is 0.469 e. The molecule has 0 aromatic heterocycles. The van der Waals surface area contributed by atoms with Crippen molar-refractivity contribution in [2.45, 2.75) is 19.3 Å². The maximum atomic E-state index is 11.9. The third-order valence-electron chi connectivity index (χ3n) is 3.79. The van der Waals surface area contributed by atoms with Gasteiger partial charge in [-0.15, -0.1) is 0 Å². The number of fused-ring (bicyclic) bond motifs is 2. The summed E-state index contributed by atoms with van der Waals surface area (Å²) >= 11 is 0. The molecular weight excluding hydrogens is 208 g/mol. The van der Waals surface area contributed by atoms with Crippen LogP contribution in [0.2, 0.25) is 0 Å². The number of esters is 2. The number of ether oxygens (including phenoxy) is 2. The molecule has 2 rings (SSSR count). The Labute approximate surface area is 94.6 Å². The molecule has 0 radical (unpaired) electrons. The van der Waals surface area contributed by atoms with E-state index in [-0.39, 0.29) is 24.3 Å². The highest BCUT2D eigenvalue weighted by atomic mass is 16.5.